The lowest BCUT2D eigenvalue weighted by Crippen LogP contribution is -2.62. The second-order valence-corrected chi connectivity index (χ2v) is 10.2. The molecule has 3 atom stereocenters. The highest BCUT2D eigenvalue weighted by molar-refractivity contribution is 7.15. The summed E-state index contributed by atoms with van der Waals surface area (Å²) in [6.07, 6.45) is 7.48. The lowest BCUT2D eigenvalue weighted by Gasteiger charge is -2.58. The van der Waals surface area contributed by atoms with Crippen molar-refractivity contribution in [3.63, 3.8) is 0 Å². The van der Waals surface area contributed by atoms with Crippen molar-refractivity contribution in [2.45, 2.75) is 50.0 Å². The Bertz CT molecular complexity index is 905. The van der Waals surface area contributed by atoms with Gasteiger partial charge in [-0.1, -0.05) is 6.07 Å². The van der Waals surface area contributed by atoms with E-state index in [1.54, 1.807) is 18.4 Å². The summed E-state index contributed by atoms with van der Waals surface area (Å²) >= 11 is 1.72. The van der Waals surface area contributed by atoms with Gasteiger partial charge in [0, 0.05) is 29.3 Å². The fourth-order valence-corrected chi connectivity index (χ4v) is 7.08. The zero-order chi connectivity index (χ0) is 18.2. The first-order valence-corrected chi connectivity index (χ1v) is 11.1. The van der Waals surface area contributed by atoms with E-state index < -0.39 is 0 Å². The van der Waals surface area contributed by atoms with Crippen LogP contribution in [0.1, 0.15) is 41.0 Å². The van der Waals surface area contributed by atoms with Crippen molar-refractivity contribution < 1.29 is 4.74 Å². The highest BCUT2D eigenvalue weighted by Gasteiger charge is 2.56. The fraction of sp³-hybridized carbons (Fsp3) is 0.591. The number of hydrogen-bond acceptors (Lipinski definition) is 5. The van der Waals surface area contributed by atoms with Gasteiger partial charge in [-0.25, -0.2) is 4.98 Å². The predicted molar refractivity (Wildman–Crippen MR) is 109 cm³/mol. The summed E-state index contributed by atoms with van der Waals surface area (Å²) in [5, 5.41) is 0.741. The van der Waals surface area contributed by atoms with E-state index in [0.717, 1.165) is 29.6 Å². The van der Waals surface area contributed by atoms with Gasteiger partial charge in [0.1, 0.15) is 5.75 Å². The quantitative estimate of drug-likeness (QED) is 0.885. The number of methoxy groups -OCH3 is 1. The van der Waals surface area contributed by atoms with E-state index in [9.17, 15) is 0 Å². The van der Waals surface area contributed by atoms with Crippen LogP contribution in [0, 0.1) is 11.8 Å². The van der Waals surface area contributed by atoms with Crippen molar-refractivity contribution in [2.24, 2.45) is 11.8 Å². The minimum atomic E-state index is 0.209. The lowest BCUT2D eigenvalue weighted by molar-refractivity contribution is 0.00544. The number of ether oxygens (including phenoxy) is 1. The van der Waals surface area contributed by atoms with Crippen LogP contribution in [-0.2, 0) is 24.7 Å². The van der Waals surface area contributed by atoms with Crippen molar-refractivity contribution >= 4 is 16.5 Å². The average molecular weight is 382 g/mol. The molecule has 2 bridgehead atoms. The van der Waals surface area contributed by atoms with Gasteiger partial charge in [-0.15, -0.1) is 11.3 Å². The molecule has 3 aliphatic carbocycles. The Morgan fingerprint density at radius 3 is 3.04 bits per heavy atom. The average Bonchev–Trinajstić information content (AvgIpc) is 3.41. The maximum Gasteiger partial charge on any atom is 0.180 e. The maximum atomic E-state index is 6.10. The summed E-state index contributed by atoms with van der Waals surface area (Å²) in [7, 11) is 1.78. The maximum absolute atomic E-state index is 6.10. The summed E-state index contributed by atoms with van der Waals surface area (Å²) in [5.74, 6) is 2.62. The molecule has 1 aromatic heterocycles. The van der Waals surface area contributed by atoms with Crippen LogP contribution in [-0.4, -0.2) is 36.1 Å². The van der Waals surface area contributed by atoms with Crippen LogP contribution in [0.2, 0.25) is 0 Å². The molecule has 4 aliphatic rings. The van der Waals surface area contributed by atoms with Crippen molar-refractivity contribution in [3.05, 3.63) is 39.9 Å². The van der Waals surface area contributed by atoms with Gasteiger partial charge in [0.05, 0.1) is 12.8 Å². The highest BCUT2D eigenvalue weighted by Crippen LogP contribution is 2.56. The van der Waals surface area contributed by atoms with Gasteiger partial charge >= 0.3 is 0 Å². The van der Waals surface area contributed by atoms with Gasteiger partial charge in [-0.05, 0) is 73.7 Å². The first-order chi connectivity index (χ1) is 13.2. The van der Waals surface area contributed by atoms with Gasteiger partial charge < -0.3 is 10.5 Å². The number of rotatable bonds is 3. The molecule has 1 aliphatic heterocycles. The van der Waals surface area contributed by atoms with Crippen LogP contribution in [0.25, 0.3) is 0 Å². The molecule has 1 saturated carbocycles. The van der Waals surface area contributed by atoms with Gasteiger partial charge in [-0.3, -0.25) is 4.90 Å². The molecule has 27 heavy (non-hydrogen) atoms. The van der Waals surface area contributed by atoms with Crippen LogP contribution in [0.15, 0.2) is 18.2 Å². The van der Waals surface area contributed by atoms with Crippen molar-refractivity contribution in [2.75, 3.05) is 25.9 Å². The summed E-state index contributed by atoms with van der Waals surface area (Å²) < 4.78 is 5.61. The molecule has 0 amide bonds. The third-order valence-electron chi connectivity index (χ3n) is 7.64. The first-order valence-electron chi connectivity index (χ1n) is 10.3. The SMILES string of the molecule is COc1ccc2c(c1)[C@]13CCN(CC4CC4)[C@H](C2)[C@@H]1Cc1sc(N)nc1C3. The molecule has 0 spiro atoms. The summed E-state index contributed by atoms with van der Waals surface area (Å²) in [6.45, 7) is 2.53. The van der Waals surface area contributed by atoms with E-state index in [1.807, 2.05) is 0 Å². The molecule has 1 aromatic carbocycles. The molecule has 2 N–H and O–H groups in total. The monoisotopic (exact) mass is 381 g/mol. The number of aromatic nitrogens is 1. The molecular formula is C22H27N3OS. The first kappa shape index (κ1) is 16.4. The highest BCUT2D eigenvalue weighted by atomic mass is 32.1. The van der Waals surface area contributed by atoms with E-state index in [2.05, 4.69) is 23.1 Å². The van der Waals surface area contributed by atoms with Crippen LogP contribution in [0.5, 0.6) is 5.75 Å². The number of thiazole rings is 1. The number of nitrogens with zero attached hydrogens (tertiary/aromatic N) is 2. The van der Waals surface area contributed by atoms with Gasteiger partial charge in [0.15, 0.2) is 5.13 Å². The van der Waals surface area contributed by atoms with Gasteiger partial charge in [0.2, 0.25) is 0 Å². The largest absolute Gasteiger partial charge is 0.497 e. The number of piperidine rings is 1. The summed E-state index contributed by atoms with van der Waals surface area (Å²) in [6, 6.07) is 7.46. The lowest BCUT2D eigenvalue weighted by atomic mass is 9.53. The molecule has 0 radical (unpaired) electrons. The zero-order valence-electron chi connectivity index (χ0n) is 15.9. The number of benzene rings is 1. The zero-order valence-corrected chi connectivity index (χ0v) is 16.7. The van der Waals surface area contributed by atoms with E-state index in [-0.39, 0.29) is 5.41 Å². The van der Waals surface area contributed by atoms with Crippen molar-refractivity contribution in [3.8, 4) is 5.75 Å². The number of nitrogen functional groups attached to an aromatic ring is 1. The Morgan fingerprint density at radius 2 is 2.22 bits per heavy atom. The second kappa shape index (κ2) is 5.71. The number of hydrogen-bond donors (Lipinski definition) is 1. The topological polar surface area (TPSA) is 51.4 Å². The normalized spacial score (nSPS) is 31.7. The van der Waals surface area contributed by atoms with Crippen LogP contribution in [0.4, 0.5) is 5.13 Å². The third-order valence-corrected chi connectivity index (χ3v) is 8.59. The molecular weight excluding hydrogens is 354 g/mol. The Labute approximate surface area is 164 Å². The standard InChI is InChI=1S/C22H27N3OS/c1-26-15-5-4-14-8-19-17-10-20-18(24-21(23)27-20)11-22(17,16(14)9-15)6-7-25(19)12-13-2-3-13/h4-5,9,13,17,19H,2-3,6-8,10-12H2,1H3,(H2,23,24)/t17-,19+,22+/m0/s1. The number of likely N-dealkylation sites (tertiary alicyclic amines) is 1. The Hall–Kier alpha value is -1.59. The summed E-state index contributed by atoms with van der Waals surface area (Å²) in [5.41, 5.74) is 10.6. The molecule has 0 unspecified atom stereocenters. The number of anilines is 1. The summed E-state index contributed by atoms with van der Waals surface area (Å²) in [4.78, 5) is 9.01. The second-order valence-electron chi connectivity index (χ2n) is 9.05. The van der Waals surface area contributed by atoms with Gasteiger partial charge in [-0.2, -0.15) is 0 Å². The Balaban J connectivity index is 1.49. The molecule has 4 nitrogen and oxygen atoms in total. The molecule has 2 heterocycles. The fourth-order valence-electron chi connectivity index (χ4n) is 6.18. The molecule has 142 valence electrons. The number of fused-ring (bicyclic) bond motifs is 2. The Kier molecular flexibility index (Phi) is 3.46. The Morgan fingerprint density at radius 1 is 1.33 bits per heavy atom. The smallest absolute Gasteiger partial charge is 0.180 e. The van der Waals surface area contributed by atoms with Crippen molar-refractivity contribution in [1.82, 2.24) is 9.88 Å². The molecule has 2 aromatic rings. The van der Waals surface area contributed by atoms with Crippen LogP contribution in [0.3, 0.4) is 0 Å². The molecule has 1 saturated heterocycles. The minimum Gasteiger partial charge on any atom is -0.497 e. The minimum absolute atomic E-state index is 0.209. The predicted octanol–water partition coefficient (Wildman–Crippen LogP) is 3.43. The van der Waals surface area contributed by atoms with Crippen molar-refractivity contribution in [1.29, 1.82) is 0 Å². The molecule has 6 rings (SSSR count). The molecule has 2 fully saturated rings. The van der Waals surface area contributed by atoms with E-state index in [0.29, 0.717) is 12.0 Å². The van der Waals surface area contributed by atoms with E-state index >= 15 is 0 Å². The van der Waals surface area contributed by atoms with Gasteiger partial charge in [0.25, 0.3) is 0 Å². The van der Waals surface area contributed by atoms with E-state index in [4.69, 9.17) is 15.5 Å². The number of nitrogens with two attached hydrogens (primary N) is 1. The van der Waals surface area contributed by atoms with Crippen LogP contribution >= 0.6 is 11.3 Å². The van der Waals surface area contributed by atoms with Crippen LogP contribution < -0.4 is 10.5 Å². The van der Waals surface area contributed by atoms with E-state index in [1.165, 1.54) is 60.5 Å². The molecule has 5 heteroatoms. The third kappa shape index (κ3) is 2.40.